The summed E-state index contributed by atoms with van der Waals surface area (Å²) in [6.07, 6.45) is 3.85. The van der Waals surface area contributed by atoms with Crippen LogP contribution in [0.3, 0.4) is 0 Å². The Hall–Kier alpha value is 0.880. The highest BCUT2D eigenvalue weighted by molar-refractivity contribution is 8.08. The highest BCUT2D eigenvalue weighted by atomic mass is 32.2. The minimum Gasteiger partial charge on any atom is -0.171 e. The van der Waals surface area contributed by atoms with Crippen molar-refractivity contribution < 1.29 is 0 Å². The topological polar surface area (TPSA) is 0 Å². The third-order valence-corrected chi connectivity index (χ3v) is 7.04. The van der Waals surface area contributed by atoms with Crippen LogP contribution in [0.4, 0.5) is 0 Å². The SMILES string of the molecule is C=CC(S)C1CSC(C(S)C=C)CS1. The number of thioether (sulfide) groups is 2. The Labute approximate surface area is 106 Å². The van der Waals surface area contributed by atoms with Gasteiger partial charge in [-0.25, -0.2) is 0 Å². The molecule has 1 aliphatic rings. The van der Waals surface area contributed by atoms with Crippen LogP contribution in [0.15, 0.2) is 25.3 Å². The molecule has 0 bridgehead atoms. The Morgan fingerprint density at radius 2 is 1.36 bits per heavy atom. The second-order valence-electron chi connectivity index (χ2n) is 3.20. The average Bonchev–Trinajstić information content (AvgIpc) is 2.27. The first-order valence-corrected chi connectivity index (χ1v) is 7.66. The summed E-state index contributed by atoms with van der Waals surface area (Å²) in [5, 5.41) is 1.83. The Morgan fingerprint density at radius 3 is 1.57 bits per heavy atom. The predicted molar refractivity (Wildman–Crippen MR) is 78.4 cm³/mol. The number of hydrogen-bond acceptors (Lipinski definition) is 4. The van der Waals surface area contributed by atoms with Crippen molar-refractivity contribution in [3.63, 3.8) is 0 Å². The minimum atomic E-state index is 0.315. The second-order valence-corrected chi connectivity index (χ2v) is 6.93. The molecule has 1 rings (SSSR count). The van der Waals surface area contributed by atoms with Gasteiger partial charge in [-0.1, -0.05) is 12.2 Å². The predicted octanol–water partition coefficient (Wildman–Crippen LogP) is 3.17. The van der Waals surface area contributed by atoms with Gasteiger partial charge in [0, 0.05) is 32.5 Å². The molecule has 80 valence electrons. The first kappa shape index (κ1) is 12.9. The molecule has 1 fully saturated rings. The molecule has 0 radical (unpaired) electrons. The monoisotopic (exact) mass is 264 g/mol. The third kappa shape index (κ3) is 3.47. The molecule has 0 nitrogen and oxygen atoms in total. The number of thiol groups is 2. The van der Waals surface area contributed by atoms with E-state index in [1.807, 2.05) is 35.7 Å². The van der Waals surface area contributed by atoms with Crippen LogP contribution in [0.2, 0.25) is 0 Å². The van der Waals surface area contributed by atoms with Crippen molar-refractivity contribution in [2.75, 3.05) is 11.5 Å². The van der Waals surface area contributed by atoms with Gasteiger partial charge in [-0.05, 0) is 0 Å². The van der Waals surface area contributed by atoms with Gasteiger partial charge in [-0.3, -0.25) is 0 Å². The van der Waals surface area contributed by atoms with Gasteiger partial charge < -0.3 is 0 Å². The number of hydrogen-bond donors (Lipinski definition) is 2. The van der Waals surface area contributed by atoms with Crippen LogP contribution in [0, 0.1) is 0 Å². The van der Waals surface area contributed by atoms with Gasteiger partial charge >= 0.3 is 0 Å². The minimum absolute atomic E-state index is 0.315. The second kappa shape index (κ2) is 6.46. The molecule has 0 aromatic carbocycles. The van der Waals surface area contributed by atoms with Gasteiger partial charge in [0.1, 0.15) is 0 Å². The van der Waals surface area contributed by atoms with Crippen molar-refractivity contribution in [2.24, 2.45) is 0 Å². The summed E-state index contributed by atoms with van der Waals surface area (Å²) in [6.45, 7) is 7.55. The molecular formula is C10H16S4. The fourth-order valence-electron chi connectivity index (χ4n) is 1.23. The van der Waals surface area contributed by atoms with Crippen LogP contribution >= 0.6 is 48.8 Å². The molecule has 0 aromatic rings. The van der Waals surface area contributed by atoms with Crippen LogP contribution in [0.1, 0.15) is 0 Å². The molecule has 1 saturated heterocycles. The summed E-state index contributed by atoms with van der Waals surface area (Å²) in [6, 6.07) is 0. The maximum Gasteiger partial charge on any atom is 0.0321 e. The summed E-state index contributed by atoms with van der Waals surface area (Å²) >= 11 is 12.9. The Balaban J connectivity index is 2.38. The Bertz CT molecular complexity index is 174. The van der Waals surface area contributed by atoms with E-state index in [1.165, 1.54) is 0 Å². The zero-order valence-corrected chi connectivity index (χ0v) is 11.4. The lowest BCUT2D eigenvalue weighted by atomic mass is 10.3. The van der Waals surface area contributed by atoms with Gasteiger partial charge in [-0.2, -0.15) is 48.8 Å². The molecule has 4 unspecified atom stereocenters. The molecule has 0 aromatic heterocycles. The van der Waals surface area contributed by atoms with E-state index in [0.29, 0.717) is 21.0 Å². The van der Waals surface area contributed by atoms with E-state index in [-0.39, 0.29) is 0 Å². The van der Waals surface area contributed by atoms with Crippen LogP contribution in [0.25, 0.3) is 0 Å². The van der Waals surface area contributed by atoms with Gasteiger partial charge in [-0.15, -0.1) is 13.2 Å². The van der Waals surface area contributed by atoms with E-state index in [9.17, 15) is 0 Å². The van der Waals surface area contributed by atoms with Gasteiger partial charge in [0.05, 0.1) is 0 Å². The van der Waals surface area contributed by atoms with Crippen molar-refractivity contribution in [1.29, 1.82) is 0 Å². The number of rotatable bonds is 4. The molecule has 4 heteroatoms. The quantitative estimate of drug-likeness (QED) is 0.591. The maximum atomic E-state index is 4.49. The lowest BCUT2D eigenvalue weighted by Gasteiger charge is -2.31. The van der Waals surface area contributed by atoms with Crippen LogP contribution in [0.5, 0.6) is 0 Å². The molecule has 0 spiro atoms. The van der Waals surface area contributed by atoms with Crippen LogP contribution in [-0.4, -0.2) is 32.5 Å². The molecule has 0 amide bonds. The molecule has 0 N–H and O–H groups in total. The van der Waals surface area contributed by atoms with Crippen molar-refractivity contribution in [1.82, 2.24) is 0 Å². The average molecular weight is 265 g/mol. The van der Waals surface area contributed by atoms with E-state index in [2.05, 4.69) is 38.4 Å². The fraction of sp³-hybridized carbons (Fsp3) is 0.600. The van der Waals surface area contributed by atoms with Gasteiger partial charge in [0.2, 0.25) is 0 Å². The van der Waals surface area contributed by atoms with Crippen molar-refractivity contribution in [3.05, 3.63) is 25.3 Å². The summed E-state index contributed by atoms with van der Waals surface area (Å²) in [4.78, 5) is 0. The van der Waals surface area contributed by atoms with E-state index in [4.69, 9.17) is 0 Å². The normalized spacial score (nSPS) is 31.9. The zero-order valence-electron chi connectivity index (χ0n) is 8.00. The van der Waals surface area contributed by atoms with E-state index in [0.717, 1.165) is 11.5 Å². The van der Waals surface area contributed by atoms with Crippen molar-refractivity contribution in [2.45, 2.75) is 21.0 Å². The smallest absolute Gasteiger partial charge is 0.0321 e. The summed E-state index contributed by atoms with van der Waals surface area (Å²) in [5.74, 6) is 2.28. The van der Waals surface area contributed by atoms with Gasteiger partial charge in [0.25, 0.3) is 0 Å². The van der Waals surface area contributed by atoms with E-state index >= 15 is 0 Å². The molecule has 1 aliphatic heterocycles. The molecule has 0 aliphatic carbocycles. The largest absolute Gasteiger partial charge is 0.171 e. The molecular weight excluding hydrogens is 248 g/mol. The van der Waals surface area contributed by atoms with Gasteiger partial charge in [0.15, 0.2) is 0 Å². The molecule has 14 heavy (non-hydrogen) atoms. The highest BCUT2D eigenvalue weighted by Gasteiger charge is 2.27. The summed E-state index contributed by atoms with van der Waals surface area (Å²) in [7, 11) is 0. The standard InChI is InChI=1S/C10H16S4/c1-3-7(11)9-5-14-10(6-13-9)8(12)4-2/h3-4,7-12H,1-2,5-6H2. The fourth-order valence-corrected chi connectivity index (χ4v) is 5.39. The third-order valence-electron chi connectivity index (χ3n) is 2.19. The Morgan fingerprint density at radius 1 is 1.00 bits per heavy atom. The van der Waals surface area contributed by atoms with E-state index < -0.39 is 0 Å². The zero-order chi connectivity index (χ0) is 10.6. The molecule has 4 atom stereocenters. The van der Waals surface area contributed by atoms with Crippen molar-refractivity contribution in [3.8, 4) is 0 Å². The first-order valence-electron chi connectivity index (χ1n) is 4.53. The lowest BCUT2D eigenvalue weighted by Crippen LogP contribution is -2.31. The van der Waals surface area contributed by atoms with E-state index in [1.54, 1.807) is 0 Å². The molecule has 0 saturated carbocycles. The van der Waals surface area contributed by atoms with Crippen LogP contribution in [-0.2, 0) is 0 Å². The highest BCUT2D eigenvalue weighted by Crippen LogP contribution is 2.36. The summed E-state index contributed by atoms with van der Waals surface area (Å²) in [5.41, 5.74) is 0. The molecule has 1 heterocycles. The Kier molecular flexibility index (Phi) is 5.97. The first-order chi connectivity index (χ1) is 6.69. The van der Waals surface area contributed by atoms with Crippen molar-refractivity contribution >= 4 is 48.8 Å². The maximum absolute atomic E-state index is 4.49. The lowest BCUT2D eigenvalue weighted by molar-refractivity contribution is 0.952. The van der Waals surface area contributed by atoms with Crippen LogP contribution < -0.4 is 0 Å². The summed E-state index contributed by atoms with van der Waals surface area (Å²) < 4.78 is 0.